The number of aromatic nitrogens is 2. The summed E-state index contributed by atoms with van der Waals surface area (Å²) in [4.78, 5) is 129. The summed E-state index contributed by atoms with van der Waals surface area (Å²) in [7, 11) is 0. The maximum Gasteiger partial charge on any atom is 0.327 e. The van der Waals surface area contributed by atoms with Crippen LogP contribution in [-0.4, -0.2) is 143 Å². The van der Waals surface area contributed by atoms with Crippen LogP contribution < -0.4 is 48.7 Å². The summed E-state index contributed by atoms with van der Waals surface area (Å²) in [6.07, 6.45) is 1.21. The van der Waals surface area contributed by atoms with Crippen molar-refractivity contribution in [2.45, 2.75) is 107 Å². The third kappa shape index (κ3) is 20.1. The molecule has 0 saturated heterocycles. The number of phenolic OH excluding ortho intramolecular Hbond substituents is 3. The Morgan fingerprint density at radius 2 is 0.882 bits per heavy atom. The molecule has 4 aromatic rings. The zero-order chi connectivity index (χ0) is 56.1. The first-order chi connectivity index (χ1) is 36.0. The number of carbonyl (C=O) groups excluding carboxylic acids is 8. The van der Waals surface area contributed by atoms with Crippen LogP contribution in [0, 0.1) is 5.92 Å². The molecular formula is C50H65N11O13S2. The van der Waals surface area contributed by atoms with Gasteiger partial charge in [0.2, 0.25) is 47.3 Å². The number of benzene rings is 3. The predicted molar refractivity (Wildman–Crippen MR) is 282 cm³/mol. The molecule has 410 valence electrons. The molecule has 0 spiro atoms. The minimum atomic E-state index is -1.51. The lowest BCUT2D eigenvalue weighted by atomic mass is 9.99. The Kier molecular flexibility index (Phi) is 23.9. The molecule has 26 heteroatoms. The van der Waals surface area contributed by atoms with Crippen molar-refractivity contribution in [3.63, 3.8) is 0 Å². The molecule has 0 bridgehead atoms. The normalized spacial score (nSPS) is 14.2. The number of H-pyrrole nitrogens is 1. The second-order valence-electron chi connectivity index (χ2n) is 18.3. The average Bonchev–Trinajstić information content (AvgIpc) is 3.90. The van der Waals surface area contributed by atoms with Gasteiger partial charge in [0.1, 0.15) is 59.5 Å². The first-order valence-electron chi connectivity index (χ1n) is 24.0. The van der Waals surface area contributed by atoms with E-state index >= 15 is 0 Å². The number of carboxylic acids is 1. The van der Waals surface area contributed by atoms with Crippen LogP contribution in [0.5, 0.6) is 17.2 Å². The van der Waals surface area contributed by atoms with E-state index in [9.17, 15) is 63.6 Å². The van der Waals surface area contributed by atoms with Crippen LogP contribution in [0.1, 0.15) is 55.5 Å². The van der Waals surface area contributed by atoms with Gasteiger partial charge < -0.3 is 74.1 Å². The highest BCUT2D eigenvalue weighted by Gasteiger charge is 2.35. The first-order valence-corrected chi connectivity index (χ1v) is 25.2. The van der Waals surface area contributed by atoms with Gasteiger partial charge in [0, 0.05) is 55.5 Å². The molecule has 3 aromatic carbocycles. The van der Waals surface area contributed by atoms with Crippen LogP contribution in [0.4, 0.5) is 0 Å². The van der Waals surface area contributed by atoms with Gasteiger partial charge in [-0.25, -0.2) is 9.78 Å². The van der Waals surface area contributed by atoms with Crippen molar-refractivity contribution in [3.05, 3.63) is 108 Å². The van der Waals surface area contributed by atoms with E-state index in [4.69, 9.17) is 11.5 Å². The van der Waals surface area contributed by atoms with E-state index in [-0.39, 0.29) is 79.6 Å². The van der Waals surface area contributed by atoms with Gasteiger partial charge in [-0.1, -0.05) is 50.2 Å². The number of rotatable bonds is 30. The molecule has 1 aromatic heterocycles. The van der Waals surface area contributed by atoms with Crippen LogP contribution in [0.25, 0.3) is 0 Å². The molecule has 8 atom stereocenters. The number of aromatic amines is 1. The standard InChI is InChI=1S/C50H65N11O13S2/c1-26(2)17-36(56-46(69)37(18-27-3-9-31(62)10-4-27)57-44(67)35(15-16-42(52)65)55-43(66)34(51)23-75)45(68)58-38(19-28-5-11-32(63)12-6-28)47(70)60-40(21-30-22-53-25-54-30)49(72)59-39(20-29-7-13-33(64)14-8-29)48(71)61-41(24-76)50(73)74/h3-14,22,25-26,34-41,62-64,75-76H,15-21,23-24,51H2,1-2H3,(H2,52,65)(H,53,54)(H,55,66)(H,56,69)(H,57,67)(H,58,68)(H,59,72)(H,60,70)(H,61,71)(H,73,74)/t34-,35-,36-,37-,38-,39-,40-,41-/m0/s1. The fraction of sp³-hybridized carbons (Fsp3) is 0.400. The SMILES string of the molecule is CC(C)C[C@H](NC(=O)[C@H](Cc1ccc(O)cc1)NC(=O)[C@H](CCC(N)=O)NC(=O)[C@@H](N)CS)C(=O)N[C@@H](Cc1ccc(O)cc1)C(=O)N[C@@H](Cc1cnc[nH]1)C(=O)N[C@@H](Cc1ccc(O)cc1)C(=O)N[C@@H](CS)C(=O)O. The van der Waals surface area contributed by atoms with Gasteiger partial charge in [0.15, 0.2) is 0 Å². The molecule has 8 amide bonds. The third-order valence-electron chi connectivity index (χ3n) is 11.6. The molecule has 24 nitrogen and oxygen atoms in total. The van der Waals surface area contributed by atoms with E-state index in [1.807, 2.05) is 0 Å². The van der Waals surface area contributed by atoms with Crippen molar-refractivity contribution in [2.75, 3.05) is 11.5 Å². The van der Waals surface area contributed by atoms with Crippen molar-refractivity contribution in [1.82, 2.24) is 47.2 Å². The second kappa shape index (κ2) is 29.9. The fourth-order valence-electron chi connectivity index (χ4n) is 7.50. The molecule has 0 fully saturated rings. The summed E-state index contributed by atoms with van der Waals surface area (Å²) in [5.74, 6) is -9.27. The molecule has 76 heavy (non-hydrogen) atoms. The number of amides is 8. The van der Waals surface area contributed by atoms with Gasteiger partial charge in [-0.3, -0.25) is 38.4 Å². The zero-order valence-electron chi connectivity index (χ0n) is 41.6. The highest BCUT2D eigenvalue weighted by Crippen LogP contribution is 2.17. The molecule has 0 radical (unpaired) electrons. The number of hydrogen-bond acceptors (Lipinski definition) is 16. The number of nitrogens with two attached hydrogens (primary N) is 2. The van der Waals surface area contributed by atoms with Gasteiger partial charge in [0.05, 0.1) is 12.4 Å². The van der Waals surface area contributed by atoms with Crippen molar-refractivity contribution < 1.29 is 63.6 Å². The highest BCUT2D eigenvalue weighted by atomic mass is 32.1. The lowest BCUT2D eigenvalue weighted by Gasteiger charge is -2.28. The average molecular weight is 1090 g/mol. The number of carboxylic acid groups (broad SMARTS) is 1. The molecule has 0 aliphatic rings. The molecule has 0 aliphatic carbocycles. The Morgan fingerprint density at radius 3 is 1.22 bits per heavy atom. The van der Waals surface area contributed by atoms with Gasteiger partial charge in [0.25, 0.3) is 0 Å². The number of carbonyl (C=O) groups is 9. The predicted octanol–water partition coefficient (Wildman–Crippen LogP) is -1.23. The van der Waals surface area contributed by atoms with E-state index in [2.05, 4.69) is 72.4 Å². The lowest BCUT2D eigenvalue weighted by Crippen LogP contribution is -2.61. The first kappa shape index (κ1) is 60.7. The Hall–Kier alpha value is -7.84. The largest absolute Gasteiger partial charge is 0.508 e. The van der Waals surface area contributed by atoms with E-state index in [1.54, 1.807) is 13.8 Å². The van der Waals surface area contributed by atoms with Crippen molar-refractivity contribution in [2.24, 2.45) is 17.4 Å². The summed E-state index contributed by atoms with van der Waals surface area (Å²) in [6.45, 7) is 3.52. The number of aromatic hydroxyl groups is 3. The number of phenols is 3. The van der Waals surface area contributed by atoms with Crippen molar-refractivity contribution in [3.8, 4) is 17.2 Å². The van der Waals surface area contributed by atoms with Gasteiger partial charge in [-0.15, -0.1) is 0 Å². The topological polar surface area (TPSA) is 399 Å². The monoisotopic (exact) mass is 1090 g/mol. The third-order valence-corrected chi connectivity index (χ3v) is 12.4. The van der Waals surface area contributed by atoms with Crippen molar-refractivity contribution in [1.29, 1.82) is 0 Å². The molecule has 1 heterocycles. The summed E-state index contributed by atoms with van der Waals surface area (Å²) in [5.41, 5.74) is 12.9. The lowest BCUT2D eigenvalue weighted by molar-refractivity contribution is -0.141. The summed E-state index contributed by atoms with van der Waals surface area (Å²) < 4.78 is 0. The molecule has 0 saturated carbocycles. The smallest absolute Gasteiger partial charge is 0.327 e. The Balaban J connectivity index is 1.68. The maximum absolute atomic E-state index is 14.6. The van der Waals surface area contributed by atoms with Crippen molar-refractivity contribution >= 4 is 78.5 Å². The Morgan fingerprint density at radius 1 is 0.526 bits per heavy atom. The van der Waals surface area contributed by atoms with Crippen LogP contribution in [0.3, 0.4) is 0 Å². The minimum Gasteiger partial charge on any atom is -0.508 e. The number of nitrogens with zero attached hydrogens (tertiary/aromatic N) is 1. The van der Waals surface area contributed by atoms with Gasteiger partial charge in [-0.2, -0.15) is 25.3 Å². The molecule has 4 rings (SSSR count). The van der Waals surface area contributed by atoms with E-state index in [0.717, 1.165) is 0 Å². The summed E-state index contributed by atoms with van der Waals surface area (Å²) in [6, 6.07) is 5.80. The van der Waals surface area contributed by atoms with E-state index in [0.29, 0.717) is 22.4 Å². The Bertz CT molecular complexity index is 2610. The molecule has 16 N–H and O–H groups in total. The number of aliphatic carboxylic acids is 1. The van der Waals surface area contributed by atoms with Crippen LogP contribution >= 0.6 is 25.3 Å². The Labute approximate surface area is 448 Å². The number of nitrogens with one attached hydrogen (secondary N) is 8. The fourth-order valence-corrected chi connectivity index (χ4v) is 7.91. The summed E-state index contributed by atoms with van der Waals surface area (Å²) >= 11 is 8.05. The second-order valence-corrected chi connectivity index (χ2v) is 19.0. The minimum absolute atomic E-state index is 0.0186. The van der Waals surface area contributed by atoms with Crippen LogP contribution in [-0.2, 0) is 68.8 Å². The number of imidazole rings is 1. The molecule has 0 unspecified atom stereocenters. The van der Waals surface area contributed by atoms with Gasteiger partial charge >= 0.3 is 5.97 Å². The molecular weight excluding hydrogens is 1030 g/mol. The van der Waals surface area contributed by atoms with Crippen LogP contribution in [0.15, 0.2) is 85.3 Å². The van der Waals surface area contributed by atoms with E-state index in [1.165, 1.54) is 85.3 Å². The van der Waals surface area contributed by atoms with Crippen LogP contribution in [0.2, 0.25) is 0 Å². The number of primary amides is 1. The van der Waals surface area contributed by atoms with Gasteiger partial charge in [-0.05, 0) is 71.8 Å². The number of thiol groups is 2. The maximum atomic E-state index is 14.6. The summed E-state index contributed by atoms with van der Waals surface area (Å²) in [5, 5.41) is 57.6. The number of hydrogen-bond donors (Lipinski definition) is 16. The zero-order valence-corrected chi connectivity index (χ0v) is 43.4. The van der Waals surface area contributed by atoms with E-state index < -0.39 is 102 Å². The quantitative estimate of drug-likeness (QED) is 0.0272. The molecule has 0 aliphatic heterocycles. The highest BCUT2D eigenvalue weighted by molar-refractivity contribution is 7.80.